The molecule has 0 saturated heterocycles. The van der Waals surface area contributed by atoms with Crippen molar-refractivity contribution >= 4 is 29.0 Å². The van der Waals surface area contributed by atoms with Crippen molar-refractivity contribution in [2.45, 2.75) is 50.7 Å². The molecule has 1 fully saturated rings. The maximum Gasteiger partial charge on any atom is 0.277 e. The van der Waals surface area contributed by atoms with Gasteiger partial charge in [0, 0.05) is 11.9 Å². The number of nitrogens with zero attached hydrogens (tertiary/aromatic N) is 3. The van der Waals surface area contributed by atoms with Gasteiger partial charge in [-0.1, -0.05) is 31.0 Å². The fourth-order valence-electron chi connectivity index (χ4n) is 2.84. The quantitative estimate of drug-likeness (QED) is 0.758. The predicted molar refractivity (Wildman–Crippen MR) is 94.3 cm³/mol. The topological polar surface area (TPSA) is 80.9 Å². The van der Waals surface area contributed by atoms with Gasteiger partial charge in [0.15, 0.2) is 0 Å². The summed E-state index contributed by atoms with van der Waals surface area (Å²) in [5.74, 6) is 1.51. The van der Waals surface area contributed by atoms with Crippen LogP contribution in [0.25, 0.3) is 0 Å². The van der Waals surface area contributed by atoms with Crippen molar-refractivity contribution in [2.75, 3.05) is 12.3 Å². The van der Waals surface area contributed by atoms with Crippen LogP contribution in [0.4, 0.5) is 0 Å². The second kappa shape index (κ2) is 8.62. The normalized spacial score (nSPS) is 15.5. The molecule has 6 nitrogen and oxygen atoms in total. The first kappa shape index (κ1) is 17.4. The number of aromatic nitrogens is 3. The maximum atomic E-state index is 11.9. The van der Waals surface area contributed by atoms with Crippen molar-refractivity contribution in [1.82, 2.24) is 20.5 Å². The summed E-state index contributed by atoms with van der Waals surface area (Å²) in [6, 6.07) is 0. The number of hydrogen-bond acceptors (Lipinski definition) is 7. The summed E-state index contributed by atoms with van der Waals surface area (Å²) in [5, 5.41) is 14.5. The number of thiazole rings is 1. The maximum absolute atomic E-state index is 11.9. The van der Waals surface area contributed by atoms with Gasteiger partial charge >= 0.3 is 0 Å². The molecule has 1 aliphatic carbocycles. The zero-order valence-electron chi connectivity index (χ0n) is 13.8. The predicted octanol–water partition coefficient (Wildman–Crippen LogP) is 3.21. The average molecular weight is 367 g/mol. The Morgan fingerprint density at radius 2 is 2.21 bits per heavy atom. The number of hydrogen-bond donors (Lipinski definition) is 1. The highest BCUT2D eigenvalue weighted by molar-refractivity contribution is 7.99. The summed E-state index contributed by atoms with van der Waals surface area (Å²) in [4.78, 5) is 16.3. The Morgan fingerprint density at radius 3 is 2.96 bits per heavy atom. The van der Waals surface area contributed by atoms with Gasteiger partial charge in [-0.2, -0.15) is 0 Å². The molecule has 0 radical (unpaired) electrons. The van der Waals surface area contributed by atoms with Crippen molar-refractivity contribution in [3.05, 3.63) is 22.0 Å². The molecular formula is C16H22N4O2S2. The van der Waals surface area contributed by atoms with E-state index in [1.54, 1.807) is 11.3 Å². The molecule has 0 atom stereocenters. The lowest BCUT2D eigenvalue weighted by Crippen LogP contribution is -2.31. The molecule has 1 saturated carbocycles. The zero-order valence-corrected chi connectivity index (χ0v) is 15.4. The molecule has 2 aromatic rings. The molecule has 0 bridgehead atoms. The van der Waals surface area contributed by atoms with E-state index in [1.165, 1.54) is 43.9 Å². The van der Waals surface area contributed by atoms with E-state index in [0.29, 0.717) is 29.2 Å². The van der Waals surface area contributed by atoms with Crippen LogP contribution in [0.15, 0.2) is 15.0 Å². The molecule has 2 heterocycles. The lowest BCUT2D eigenvalue weighted by Gasteiger charge is -2.21. The summed E-state index contributed by atoms with van der Waals surface area (Å²) in [5.41, 5.74) is 0.933. The number of nitrogens with one attached hydrogen (secondary N) is 1. The van der Waals surface area contributed by atoms with Crippen LogP contribution < -0.4 is 5.32 Å². The molecular weight excluding hydrogens is 344 g/mol. The van der Waals surface area contributed by atoms with Crippen molar-refractivity contribution in [3.63, 3.8) is 0 Å². The molecule has 1 aliphatic rings. The van der Waals surface area contributed by atoms with Crippen molar-refractivity contribution in [2.24, 2.45) is 5.92 Å². The van der Waals surface area contributed by atoms with Gasteiger partial charge in [0.1, 0.15) is 0 Å². The molecule has 0 aliphatic heterocycles. The van der Waals surface area contributed by atoms with Gasteiger partial charge in [0.2, 0.25) is 11.8 Å². The second-order valence-electron chi connectivity index (χ2n) is 6.09. The van der Waals surface area contributed by atoms with E-state index in [-0.39, 0.29) is 5.91 Å². The summed E-state index contributed by atoms with van der Waals surface area (Å²) in [6.07, 6.45) is 6.91. The number of aryl methyl sites for hydroxylation is 1. The average Bonchev–Trinajstić information content (AvgIpc) is 3.21. The van der Waals surface area contributed by atoms with Crippen LogP contribution in [0.3, 0.4) is 0 Å². The number of amides is 1. The summed E-state index contributed by atoms with van der Waals surface area (Å²) in [7, 11) is 0. The smallest absolute Gasteiger partial charge is 0.277 e. The Morgan fingerprint density at radius 1 is 1.38 bits per heavy atom. The molecule has 1 amide bonds. The molecule has 24 heavy (non-hydrogen) atoms. The van der Waals surface area contributed by atoms with Gasteiger partial charge in [0.25, 0.3) is 5.22 Å². The molecule has 8 heteroatoms. The lowest BCUT2D eigenvalue weighted by molar-refractivity contribution is -0.118. The van der Waals surface area contributed by atoms with E-state index in [1.807, 2.05) is 12.3 Å². The van der Waals surface area contributed by atoms with Crippen LogP contribution in [0.2, 0.25) is 0 Å². The Kier molecular flexibility index (Phi) is 6.25. The van der Waals surface area contributed by atoms with Crippen molar-refractivity contribution in [1.29, 1.82) is 0 Å². The highest BCUT2D eigenvalue weighted by Gasteiger charge is 2.15. The van der Waals surface area contributed by atoms with Gasteiger partial charge in [-0.3, -0.25) is 4.79 Å². The second-order valence-corrected chi connectivity index (χ2v) is 8.08. The first-order chi connectivity index (χ1) is 11.7. The van der Waals surface area contributed by atoms with E-state index in [9.17, 15) is 4.79 Å². The van der Waals surface area contributed by atoms with Crippen molar-refractivity contribution < 1.29 is 9.21 Å². The lowest BCUT2D eigenvalue weighted by atomic mass is 9.89. The Labute approximate surface area is 149 Å². The first-order valence-electron chi connectivity index (χ1n) is 8.32. The van der Waals surface area contributed by atoms with Crippen LogP contribution in [0.5, 0.6) is 0 Å². The number of carbonyl (C=O) groups is 1. The molecule has 0 spiro atoms. The van der Waals surface area contributed by atoms with E-state index >= 15 is 0 Å². The summed E-state index contributed by atoms with van der Waals surface area (Å²) in [6.45, 7) is 2.76. The third-order valence-electron chi connectivity index (χ3n) is 4.09. The molecule has 130 valence electrons. The molecule has 0 unspecified atom stereocenters. The monoisotopic (exact) mass is 366 g/mol. The molecule has 3 rings (SSSR count). The van der Waals surface area contributed by atoms with Crippen LogP contribution in [0.1, 0.15) is 48.7 Å². The van der Waals surface area contributed by atoms with Gasteiger partial charge in [-0.05, 0) is 25.7 Å². The highest BCUT2D eigenvalue weighted by atomic mass is 32.2. The zero-order chi connectivity index (χ0) is 16.8. The number of thioether (sulfide) groups is 1. The standard InChI is InChI=1S/C16H22N4O2S2/c1-11-18-13(9-23-11)7-15-19-20-16(22-15)24-10-14(21)17-8-12-5-3-2-4-6-12/h9,12H,2-8,10H2,1H3,(H,17,21). The largest absolute Gasteiger partial charge is 0.416 e. The van der Waals surface area contributed by atoms with E-state index in [4.69, 9.17) is 4.42 Å². The van der Waals surface area contributed by atoms with Crippen LogP contribution in [0, 0.1) is 12.8 Å². The molecule has 1 N–H and O–H groups in total. The van der Waals surface area contributed by atoms with E-state index in [2.05, 4.69) is 20.5 Å². The van der Waals surface area contributed by atoms with E-state index < -0.39 is 0 Å². The minimum atomic E-state index is 0.0282. The molecule has 2 aromatic heterocycles. The third kappa shape index (κ3) is 5.31. The molecule has 0 aromatic carbocycles. The van der Waals surface area contributed by atoms with Crippen molar-refractivity contribution in [3.8, 4) is 0 Å². The number of carbonyl (C=O) groups excluding carboxylic acids is 1. The van der Waals surface area contributed by atoms with Crippen LogP contribution in [-0.2, 0) is 11.2 Å². The van der Waals surface area contributed by atoms with Gasteiger partial charge in [-0.15, -0.1) is 21.5 Å². The fourth-order valence-corrected chi connectivity index (χ4v) is 4.06. The SMILES string of the molecule is Cc1nc(Cc2nnc(SCC(=O)NCC3CCCCC3)o2)cs1. The van der Waals surface area contributed by atoms with Gasteiger partial charge in [0.05, 0.1) is 22.9 Å². The minimum absolute atomic E-state index is 0.0282. The minimum Gasteiger partial charge on any atom is -0.416 e. The van der Waals surface area contributed by atoms with Crippen LogP contribution in [-0.4, -0.2) is 33.4 Å². The first-order valence-corrected chi connectivity index (χ1v) is 10.2. The highest BCUT2D eigenvalue weighted by Crippen LogP contribution is 2.23. The van der Waals surface area contributed by atoms with E-state index in [0.717, 1.165) is 17.2 Å². The summed E-state index contributed by atoms with van der Waals surface area (Å²) < 4.78 is 5.57. The number of rotatable bonds is 7. The Hall–Kier alpha value is -1.41. The third-order valence-corrected chi connectivity index (χ3v) is 5.73. The van der Waals surface area contributed by atoms with Gasteiger partial charge in [-0.25, -0.2) is 4.98 Å². The fraction of sp³-hybridized carbons (Fsp3) is 0.625. The van der Waals surface area contributed by atoms with Gasteiger partial charge < -0.3 is 9.73 Å². The Balaban J connectivity index is 1.39. The Bertz CT molecular complexity index is 665. The summed E-state index contributed by atoms with van der Waals surface area (Å²) >= 11 is 2.88. The van der Waals surface area contributed by atoms with Crippen LogP contribution >= 0.6 is 23.1 Å².